The Hall–Kier alpha value is -3.96. The fraction of sp³-hybridized carbons (Fsp3) is 0.355. The van der Waals surface area contributed by atoms with Gasteiger partial charge in [-0.25, -0.2) is 8.42 Å². The molecule has 0 aliphatic heterocycles. The lowest BCUT2D eigenvalue weighted by molar-refractivity contribution is -0.140. The van der Waals surface area contributed by atoms with E-state index in [-0.39, 0.29) is 39.6 Å². The van der Waals surface area contributed by atoms with Gasteiger partial charge in [-0.15, -0.1) is 0 Å². The topological polar surface area (TPSA) is 114 Å². The molecular weight excluding hydrogens is 594 g/mol. The van der Waals surface area contributed by atoms with Crippen molar-refractivity contribution < 1.29 is 32.2 Å². The Morgan fingerprint density at radius 2 is 1.53 bits per heavy atom. The quantitative estimate of drug-likeness (QED) is 0.254. The first-order valence-electron chi connectivity index (χ1n) is 13.8. The van der Waals surface area contributed by atoms with Gasteiger partial charge in [0.2, 0.25) is 11.8 Å². The molecule has 1 N–H and O–H groups in total. The summed E-state index contributed by atoms with van der Waals surface area (Å²) in [6.45, 7) is 3.64. The maximum absolute atomic E-state index is 14.3. The largest absolute Gasteiger partial charge is 0.495 e. The number of nitrogens with one attached hydrogen (secondary N) is 1. The Labute approximate surface area is 258 Å². The Kier molecular flexibility index (Phi) is 12.1. The van der Waals surface area contributed by atoms with Crippen LogP contribution >= 0.6 is 11.6 Å². The molecule has 12 heteroatoms. The minimum Gasteiger partial charge on any atom is -0.495 e. The maximum Gasteiger partial charge on any atom is 0.265 e. The van der Waals surface area contributed by atoms with Crippen molar-refractivity contribution in [3.63, 3.8) is 0 Å². The second-order valence-corrected chi connectivity index (χ2v) is 11.9. The highest BCUT2D eigenvalue weighted by atomic mass is 35.5. The van der Waals surface area contributed by atoms with Crippen LogP contribution in [0.1, 0.15) is 32.3 Å². The van der Waals surface area contributed by atoms with Crippen molar-refractivity contribution in [2.45, 2.75) is 44.2 Å². The highest BCUT2D eigenvalue weighted by Gasteiger charge is 2.35. The number of halogens is 1. The Morgan fingerprint density at radius 3 is 2.14 bits per heavy atom. The Balaban J connectivity index is 2.15. The van der Waals surface area contributed by atoms with E-state index in [1.54, 1.807) is 13.0 Å². The van der Waals surface area contributed by atoms with E-state index in [1.165, 1.54) is 56.6 Å². The normalized spacial score (nSPS) is 11.8. The Bertz CT molecular complexity index is 1500. The van der Waals surface area contributed by atoms with Gasteiger partial charge in [0.05, 0.1) is 31.9 Å². The highest BCUT2D eigenvalue weighted by molar-refractivity contribution is 7.92. The smallest absolute Gasteiger partial charge is 0.265 e. The van der Waals surface area contributed by atoms with Crippen LogP contribution in [-0.4, -0.2) is 65.6 Å². The third-order valence-electron chi connectivity index (χ3n) is 6.76. The summed E-state index contributed by atoms with van der Waals surface area (Å²) in [4.78, 5) is 28.7. The minimum absolute atomic E-state index is 0.0567. The second kappa shape index (κ2) is 15.5. The van der Waals surface area contributed by atoms with Gasteiger partial charge in [-0.1, -0.05) is 55.8 Å². The van der Waals surface area contributed by atoms with Gasteiger partial charge in [-0.3, -0.25) is 13.9 Å². The molecule has 3 aromatic rings. The van der Waals surface area contributed by atoms with Gasteiger partial charge in [-0.2, -0.15) is 0 Å². The lowest BCUT2D eigenvalue weighted by Gasteiger charge is -2.33. The van der Waals surface area contributed by atoms with Crippen LogP contribution in [-0.2, 0) is 26.2 Å². The first kappa shape index (κ1) is 33.5. The monoisotopic (exact) mass is 631 g/mol. The molecule has 1 unspecified atom stereocenters. The Morgan fingerprint density at radius 1 is 0.884 bits per heavy atom. The molecule has 0 saturated carbocycles. The maximum atomic E-state index is 14.3. The van der Waals surface area contributed by atoms with Gasteiger partial charge in [-0.05, 0) is 48.7 Å². The number of nitrogens with zero attached hydrogens (tertiary/aromatic N) is 2. The van der Waals surface area contributed by atoms with E-state index in [2.05, 4.69) is 5.32 Å². The number of carbonyl (C=O) groups is 2. The third-order valence-corrected chi connectivity index (χ3v) is 8.75. The zero-order chi connectivity index (χ0) is 31.6. The highest BCUT2D eigenvalue weighted by Crippen LogP contribution is 2.37. The number of rotatable bonds is 15. The number of amides is 2. The molecule has 10 nitrogen and oxygen atoms in total. The van der Waals surface area contributed by atoms with Crippen LogP contribution in [0, 0.1) is 0 Å². The van der Waals surface area contributed by atoms with Crippen molar-refractivity contribution in [1.29, 1.82) is 0 Å². The number of hydrogen-bond acceptors (Lipinski definition) is 7. The summed E-state index contributed by atoms with van der Waals surface area (Å²) in [6.07, 6.45) is 1.04. The van der Waals surface area contributed by atoms with E-state index in [1.807, 2.05) is 37.3 Å². The van der Waals surface area contributed by atoms with Gasteiger partial charge < -0.3 is 24.4 Å². The lowest BCUT2D eigenvalue weighted by atomic mass is 10.1. The molecular formula is C31H38ClN3O7S. The predicted molar refractivity (Wildman–Crippen MR) is 166 cm³/mol. The summed E-state index contributed by atoms with van der Waals surface area (Å²) in [5.41, 5.74) is 0.841. The van der Waals surface area contributed by atoms with Crippen LogP contribution in [0.3, 0.4) is 0 Å². The van der Waals surface area contributed by atoms with Crippen LogP contribution < -0.4 is 23.8 Å². The number of anilines is 1. The standard InChI is InChI=1S/C31H38ClN3O7S/c1-6-17-33-31(37)25(7-2)34(20-22-11-9-8-10-12-22)30(36)21-35(26-18-23(32)13-15-27(26)40-3)43(38,39)24-14-16-28(41-4)29(19-24)42-5/h8-16,18-19,25H,6-7,17,20-21H2,1-5H3,(H,33,37). The molecule has 0 saturated heterocycles. The predicted octanol–water partition coefficient (Wildman–Crippen LogP) is 4.89. The van der Waals surface area contributed by atoms with E-state index in [0.717, 1.165) is 16.3 Å². The molecule has 0 aliphatic carbocycles. The van der Waals surface area contributed by atoms with Crippen molar-refractivity contribution in [1.82, 2.24) is 10.2 Å². The number of ether oxygens (including phenoxy) is 3. The molecule has 0 spiro atoms. The lowest BCUT2D eigenvalue weighted by Crippen LogP contribution is -2.52. The van der Waals surface area contributed by atoms with Crippen LogP contribution in [0.15, 0.2) is 71.6 Å². The number of hydrogen-bond donors (Lipinski definition) is 1. The van der Waals surface area contributed by atoms with Crippen LogP contribution in [0.2, 0.25) is 5.02 Å². The first-order valence-corrected chi connectivity index (χ1v) is 15.6. The van der Waals surface area contributed by atoms with Crippen molar-refractivity contribution in [3.05, 3.63) is 77.3 Å². The van der Waals surface area contributed by atoms with Crippen molar-refractivity contribution in [3.8, 4) is 17.2 Å². The number of methoxy groups -OCH3 is 3. The zero-order valence-electron chi connectivity index (χ0n) is 25.0. The van der Waals surface area contributed by atoms with E-state index >= 15 is 0 Å². The van der Waals surface area contributed by atoms with Gasteiger partial charge in [0.15, 0.2) is 11.5 Å². The van der Waals surface area contributed by atoms with Gasteiger partial charge in [0.25, 0.3) is 10.0 Å². The van der Waals surface area contributed by atoms with E-state index in [4.69, 9.17) is 25.8 Å². The summed E-state index contributed by atoms with van der Waals surface area (Å²) >= 11 is 6.31. The fourth-order valence-corrected chi connectivity index (χ4v) is 6.14. The molecule has 0 aromatic heterocycles. The zero-order valence-corrected chi connectivity index (χ0v) is 26.6. The van der Waals surface area contributed by atoms with Crippen LogP contribution in [0.4, 0.5) is 5.69 Å². The van der Waals surface area contributed by atoms with E-state index < -0.39 is 28.5 Å². The second-order valence-electron chi connectivity index (χ2n) is 9.57. The molecule has 0 heterocycles. The van der Waals surface area contributed by atoms with Gasteiger partial charge in [0, 0.05) is 24.2 Å². The number of benzene rings is 3. The average molecular weight is 632 g/mol. The average Bonchev–Trinajstić information content (AvgIpc) is 3.02. The third kappa shape index (κ3) is 8.11. The minimum atomic E-state index is -4.42. The van der Waals surface area contributed by atoms with E-state index in [0.29, 0.717) is 18.7 Å². The van der Waals surface area contributed by atoms with Gasteiger partial charge >= 0.3 is 0 Å². The molecule has 43 heavy (non-hydrogen) atoms. The molecule has 3 aromatic carbocycles. The van der Waals surface area contributed by atoms with Crippen molar-refractivity contribution >= 4 is 39.1 Å². The summed E-state index contributed by atoms with van der Waals surface area (Å²) in [5, 5.41) is 3.11. The van der Waals surface area contributed by atoms with Crippen molar-refractivity contribution in [2.75, 3.05) is 38.7 Å². The molecule has 0 radical (unpaired) electrons. The molecule has 0 fully saturated rings. The number of carbonyl (C=O) groups excluding carboxylic acids is 2. The molecule has 2 amide bonds. The molecule has 3 rings (SSSR count). The van der Waals surface area contributed by atoms with Crippen LogP contribution in [0.5, 0.6) is 17.2 Å². The van der Waals surface area contributed by atoms with Gasteiger partial charge in [0.1, 0.15) is 18.3 Å². The molecule has 0 aliphatic rings. The SMILES string of the molecule is CCCNC(=O)C(CC)N(Cc1ccccc1)C(=O)CN(c1cc(Cl)ccc1OC)S(=O)(=O)c1ccc(OC)c(OC)c1. The molecule has 232 valence electrons. The fourth-order valence-electron chi connectivity index (χ4n) is 4.54. The summed E-state index contributed by atoms with van der Waals surface area (Å²) in [7, 11) is -0.192. The van der Waals surface area contributed by atoms with Crippen molar-refractivity contribution in [2.24, 2.45) is 0 Å². The summed E-state index contributed by atoms with van der Waals surface area (Å²) in [5.74, 6) is -0.195. The first-order chi connectivity index (χ1) is 20.6. The summed E-state index contributed by atoms with van der Waals surface area (Å²) in [6, 6.07) is 17.0. The van der Waals surface area contributed by atoms with E-state index in [9.17, 15) is 18.0 Å². The number of sulfonamides is 1. The molecule has 0 bridgehead atoms. The summed E-state index contributed by atoms with van der Waals surface area (Å²) < 4.78 is 45.6. The van der Waals surface area contributed by atoms with Crippen LogP contribution in [0.25, 0.3) is 0 Å². The molecule has 1 atom stereocenters.